The van der Waals surface area contributed by atoms with Gasteiger partial charge in [-0.05, 0) is 60.5 Å². The van der Waals surface area contributed by atoms with Gasteiger partial charge in [0.25, 0.3) is 5.91 Å². The second-order valence-corrected chi connectivity index (χ2v) is 9.97. The zero-order valence-corrected chi connectivity index (χ0v) is 24.1. The van der Waals surface area contributed by atoms with Gasteiger partial charge in [-0.15, -0.1) is 0 Å². The number of H-pyrrole nitrogens is 1. The summed E-state index contributed by atoms with van der Waals surface area (Å²) >= 11 is 0. The summed E-state index contributed by atoms with van der Waals surface area (Å²) < 4.78 is 4.74. The molecule has 2 heterocycles. The molecule has 0 saturated heterocycles. The Morgan fingerprint density at radius 2 is 1.81 bits per heavy atom. The number of aromatic amines is 1. The number of ether oxygens (including phenoxy) is 1. The third-order valence-electron chi connectivity index (χ3n) is 6.58. The number of amidine groups is 1. The van der Waals surface area contributed by atoms with Crippen LogP contribution in [0.2, 0.25) is 0 Å². The van der Waals surface area contributed by atoms with E-state index in [1.807, 2.05) is 13.8 Å². The maximum atomic E-state index is 13.5. The molecule has 2 aromatic heterocycles. The lowest BCUT2D eigenvalue weighted by Crippen LogP contribution is -2.36. The quantitative estimate of drug-likeness (QED) is 0.0631. The first-order valence-electron chi connectivity index (χ1n) is 13.6. The van der Waals surface area contributed by atoms with E-state index in [0.29, 0.717) is 40.3 Å². The molecular weight excluding hydrogens is 552 g/mol. The number of oxime groups is 1. The summed E-state index contributed by atoms with van der Waals surface area (Å²) in [4.78, 5) is 55.5. The first kappa shape index (κ1) is 30.7. The molecule has 4 rings (SSSR count). The van der Waals surface area contributed by atoms with Crippen LogP contribution < -0.4 is 21.7 Å². The Kier molecular flexibility index (Phi) is 10.0. The molecule has 0 spiro atoms. The molecule has 6 N–H and O–H groups in total. The number of anilines is 2. The van der Waals surface area contributed by atoms with Crippen molar-refractivity contribution in [3.63, 3.8) is 0 Å². The highest BCUT2D eigenvalue weighted by atomic mass is 16.7. The Labute approximate surface area is 248 Å². The molecule has 0 bridgehead atoms. The Balaban J connectivity index is 1.41. The van der Waals surface area contributed by atoms with Gasteiger partial charge < -0.3 is 31.3 Å². The highest BCUT2D eigenvalue weighted by Gasteiger charge is 2.21. The SMILES string of the molecule is COC(=O)CCN(C(=O)c1ccc2nc(CNc3ccc(/C(N)=N/OC(=O)C(N)C(C)C)cc3)[nH]c2c1)c1ccccn1. The van der Waals surface area contributed by atoms with Crippen LogP contribution in [0.1, 0.15) is 42.0 Å². The standard InChI is InChI=1S/C30H34N8O5/c1-18(2)27(31)30(41)43-37-28(32)19-7-10-21(11-8-19)34-17-24-35-22-12-9-20(16-23(22)36-24)29(40)38(15-13-26(39)42-3)25-6-4-5-14-33-25/h4-12,14,16,18,27,34H,13,15,17,31H2,1-3H3,(H2,32,37)(H,35,36). The van der Waals surface area contributed by atoms with E-state index in [1.54, 1.807) is 66.9 Å². The number of imidazole rings is 1. The van der Waals surface area contributed by atoms with Crippen molar-refractivity contribution >= 4 is 46.2 Å². The van der Waals surface area contributed by atoms with Crippen LogP contribution in [0.15, 0.2) is 72.0 Å². The van der Waals surface area contributed by atoms with Crippen LogP contribution in [-0.2, 0) is 25.7 Å². The van der Waals surface area contributed by atoms with Gasteiger partial charge in [-0.1, -0.05) is 25.1 Å². The Morgan fingerprint density at radius 1 is 1.07 bits per heavy atom. The van der Waals surface area contributed by atoms with Gasteiger partial charge in [0, 0.05) is 29.6 Å². The van der Waals surface area contributed by atoms with Crippen LogP contribution in [0.4, 0.5) is 11.5 Å². The van der Waals surface area contributed by atoms with Crippen molar-refractivity contribution in [3.8, 4) is 0 Å². The number of nitrogens with two attached hydrogens (primary N) is 2. The van der Waals surface area contributed by atoms with E-state index in [0.717, 1.165) is 5.69 Å². The van der Waals surface area contributed by atoms with Crippen molar-refractivity contribution in [1.82, 2.24) is 15.0 Å². The number of amides is 1. The number of pyridine rings is 1. The number of carbonyl (C=O) groups is 3. The van der Waals surface area contributed by atoms with E-state index in [9.17, 15) is 14.4 Å². The molecule has 4 aromatic rings. The Morgan fingerprint density at radius 3 is 2.49 bits per heavy atom. The number of carbonyl (C=O) groups excluding carboxylic acids is 3. The molecule has 0 radical (unpaired) electrons. The molecule has 0 aliphatic carbocycles. The molecule has 0 fully saturated rings. The van der Waals surface area contributed by atoms with Gasteiger partial charge in [-0.2, -0.15) is 0 Å². The predicted octanol–water partition coefficient (Wildman–Crippen LogP) is 2.93. The largest absolute Gasteiger partial charge is 0.469 e. The minimum absolute atomic E-state index is 0.0295. The fourth-order valence-electron chi connectivity index (χ4n) is 4.00. The van der Waals surface area contributed by atoms with Crippen molar-refractivity contribution in [2.75, 3.05) is 23.9 Å². The smallest absolute Gasteiger partial charge is 0.351 e. The van der Waals surface area contributed by atoms with Crippen molar-refractivity contribution in [1.29, 1.82) is 0 Å². The summed E-state index contributed by atoms with van der Waals surface area (Å²) in [5.41, 5.74) is 14.9. The number of benzene rings is 2. The molecule has 0 saturated carbocycles. The monoisotopic (exact) mass is 586 g/mol. The Hall–Kier alpha value is -5.30. The fourth-order valence-corrected chi connectivity index (χ4v) is 4.00. The normalized spacial score (nSPS) is 12.2. The number of aromatic nitrogens is 3. The third kappa shape index (κ3) is 7.92. The average Bonchev–Trinajstić information content (AvgIpc) is 3.45. The van der Waals surface area contributed by atoms with Gasteiger partial charge in [0.1, 0.15) is 17.7 Å². The molecular formula is C30H34N8O5. The molecule has 1 unspecified atom stereocenters. The lowest BCUT2D eigenvalue weighted by Gasteiger charge is -2.21. The van der Waals surface area contributed by atoms with Gasteiger partial charge in [-0.3, -0.25) is 14.5 Å². The van der Waals surface area contributed by atoms with E-state index in [1.165, 1.54) is 12.0 Å². The number of hydrogen-bond acceptors (Lipinski definition) is 10. The number of esters is 1. The summed E-state index contributed by atoms with van der Waals surface area (Å²) in [7, 11) is 1.31. The predicted molar refractivity (Wildman–Crippen MR) is 162 cm³/mol. The summed E-state index contributed by atoms with van der Waals surface area (Å²) in [5.74, 6) is -0.328. The number of rotatable bonds is 12. The van der Waals surface area contributed by atoms with E-state index >= 15 is 0 Å². The van der Waals surface area contributed by atoms with E-state index in [2.05, 4.69) is 25.4 Å². The van der Waals surface area contributed by atoms with Crippen molar-refractivity contribution < 1.29 is 24.0 Å². The van der Waals surface area contributed by atoms with E-state index in [-0.39, 0.29) is 30.6 Å². The van der Waals surface area contributed by atoms with Crippen LogP contribution in [0.25, 0.3) is 11.0 Å². The van der Waals surface area contributed by atoms with Gasteiger partial charge >= 0.3 is 11.9 Å². The minimum Gasteiger partial charge on any atom is -0.469 e. The number of fused-ring (bicyclic) bond motifs is 1. The van der Waals surface area contributed by atoms with Crippen molar-refractivity contribution in [3.05, 3.63) is 83.8 Å². The molecule has 2 aromatic carbocycles. The van der Waals surface area contributed by atoms with Gasteiger partial charge in [0.15, 0.2) is 5.84 Å². The number of methoxy groups -OCH3 is 1. The summed E-state index contributed by atoms with van der Waals surface area (Å²) in [6, 6.07) is 16.7. The maximum Gasteiger partial charge on any atom is 0.351 e. The molecule has 43 heavy (non-hydrogen) atoms. The van der Waals surface area contributed by atoms with Crippen LogP contribution in [0.5, 0.6) is 0 Å². The van der Waals surface area contributed by atoms with Crippen LogP contribution in [0, 0.1) is 5.92 Å². The maximum absolute atomic E-state index is 13.5. The van der Waals surface area contributed by atoms with Crippen LogP contribution >= 0.6 is 0 Å². The van der Waals surface area contributed by atoms with Crippen LogP contribution in [0.3, 0.4) is 0 Å². The number of nitrogens with zero attached hydrogens (tertiary/aromatic N) is 4. The number of hydrogen-bond donors (Lipinski definition) is 4. The van der Waals surface area contributed by atoms with Crippen LogP contribution in [-0.4, -0.2) is 58.3 Å². The second-order valence-electron chi connectivity index (χ2n) is 9.97. The molecule has 0 aliphatic heterocycles. The average molecular weight is 587 g/mol. The van der Waals surface area contributed by atoms with E-state index < -0.39 is 18.0 Å². The summed E-state index contributed by atoms with van der Waals surface area (Å²) in [6.45, 7) is 4.12. The molecule has 13 heteroatoms. The Bertz CT molecular complexity index is 1600. The van der Waals surface area contributed by atoms with Crippen molar-refractivity contribution in [2.24, 2.45) is 22.5 Å². The minimum atomic E-state index is -0.784. The molecule has 1 atom stereocenters. The summed E-state index contributed by atoms with van der Waals surface area (Å²) in [6.07, 6.45) is 1.62. The molecule has 13 nitrogen and oxygen atoms in total. The van der Waals surface area contributed by atoms with Crippen molar-refractivity contribution in [2.45, 2.75) is 32.9 Å². The van der Waals surface area contributed by atoms with Gasteiger partial charge in [0.2, 0.25) is 0 Å². The first-order valence-corrected chi connectivity index (χ1v) is 13.6. The van der Waals surface area contributed by atoms with Gasteiger partial charge in [-0.25, -0.2) is 14.8 Å². The highest BCUT2D eigenvalue weighted by molar-refractivity contribution is 6.07. The van der Waals surface area contributed by atoms with E-state index in [4.69, 9.17) is 21.0 Å². The third-order valence-corrected chi connectivity index (χ3v) is 6.58. The highest BCUT2D eigenvalue weighted by Crippen LogP contribution is 2.20. The first-order chi connectivity index (χ1) is 20.7. The zero-order chi connectivity index (χ0) is 30.9. The fraction of sp³-hybridized carbons (Fsp3) is 0.267. The topological polar surface area (TPSA) is 191 Å². The zero-order valence-electron chi connectivity index (χ0n) is 24.1. The molecule has 0 aliphatic rings. The van der Waals surface area contributed by atoms with Gasteiger partial charge in [0.05, 0.1) is 31.1 Å². The summed E-state index contributed by atoms with van der Waals surface area (Å²) in [5, 5.41) is 6.97. The lowest BCUT2D eigenvalue weighted by molar-refractivity contribution is -0.146. The molecule has 1 amide bonds. The lowest BCUT2D eigenvalue weighted by atomic mass is 10.1. The second kappa shape index (κ2) is 14.0. The number of nitrogens with one attached hydrogen (secondary N) is 2. The molecule has 224 valence electrons.